The standard InChI is InChI=1S/C22H27BrN2O4S/c1-4-29-19-7-9-20(10-8-19)30(27,28)25-11-5-6-17(14-25)22(26)24-21-15(2)12-18(23)13-16(21)3/h7-10,12-13,17H,4-6,11,14H2,1-3H3,(H,24,26). The number of aryl methyl sites for hydroxylation is 2. The zero-order valence-electron chi connectivity index (χ0n) is 17.4. The van der Waals surface area contributed by atoms with Crippen molar-refractivity contribution in [1.82, 2.24) is 4.31 Å². The van der Waals surface area contributed by atoms with Gasteiger partial charge in [0.15, 0.2) is 0 Å². The van der Waals surface area contributed by atoms with E-state index in [1.165, 1.54) is 4.31 Å². The van der Waals surface area contributed by atoms with E-state index in [0.717, 1.165) is 21.3 Å². The van der Waals surface area contributed by atoms with Crippen LogP contribution in [0.5, 0.6) is 5.75 Å². The number of hydrogen-bond acceptors (Lipinski definition) is 4. The summed E-state index contributed by atoms with van der Waals surface area (Å²) < 4.78 is 33.9. The highest BCUT2D eigenvalue weighted by molar-refractivity contribution is 9.10. The molecule has 1 heterocycles. The molecule has 1 atom stereocenters. The molecule has 1 fully saturated rings. The molecule has 1 aliphatic heterocycles. The van der Waals surface area contributed by atoms with E-state index in [2.05, 4.69) is 21.2 Å². The first kappa shape index (κ1) is 22.8. The normalized spacial score (nSPS) is 17.5. The number of piperidine rings is 1. The molecule has 1 saturated heterocycles. The maximum Gasteiger partial charge on any atom is 0.243 e. The van der Waals surface area contributed by atoms with Crippen LogP contribution in [-0.2, 0) is 14.8 Å². The number of halogens is 1. The molecular weight excluding hydrogens is 468 g/mol. The van der Waals surface area contributed by atoms with Crippen LogP contribution in [0.4, 0.5) is 5.69 Å². The van der Waals surface area contributed by atoms with E-state index >= 15 is 0 Å². The average molecular weight is 495 g/mol. The van der Waals surface area contributed by atoms with Gasteiger partial charge in [0.25, 0.3) is 0 Å². The zero-order valence-corrected chi connectivity index (χ0v) is 19.8. The van der Waals surface area contributed by atoms with Crippen LogP contribution in [-0.4, -0.2) is 38.3 Å². The second kappa shape index (κ2) is 9.49. The minimum Gasteiger partial charge on any atom is -0.494 e. The van der Waals surface area contributed by atoms with Crippen LogP contribution in [0.15, 0.2) is 45.8 Å². The Balaban J connectivity index is 1.73. The topological polar surface area (TPSA) is 75.7 Å². The summed E-state index contributed by atoms with van der Waals surface area (Å²) in [4.78, 5) is 13.1. The Labute approximate surface area is 186 Å². The van der Waals surface area contributed by atoms with Crippen LogP contribution in [0.25, 0.3) is 0 Å². The van der Waals surface area contributed by atoms with Gasteiger partial charge in [0, 0.05) is 23.2 Å². The van der Waals surface area contributed by atoms with Crippen molar-refractivity contribution < 1.29 is 17.9 Å². The summed E-state index contributed by atoms with van der Waals surface area (Å²) >= 11 is 3.46. The third-order valence-corrected chi connectivity index (χ3v) is 7.61. The summed E-state index contributed by atoms with van der Waals surface area (Å²) in [6.45, 7) is 6.87. The van der Waals surface area contributed by atoms with Crippen LogP contribution in [0.3, 0.4) is 0 Å². The summed E-state index contributed by atoms with van der Waals surface area (Å²) in [6, 6.07) is 10.3. The molecule has 0 aromatic heterocycles. The van der Waals surface area contributed by atoms with Gasteiger partial charge in [-0.3, -0.25) is 4.79 Å². The number of nitrogens with zero attached hydrogens (tertiary/aromatic N) is 1. The van der Waals surface area contributed by atoms with Crippen LogP contribution in [0.2, 0.25) is 0 Å². The number of ether oxygens (including phenoxy) is 1. The number of rotatable bonds is 6. The minimum atomic E-state index is -3.66. The highest BCUT2D eigenvalue weighted by Gasteiger charge is 2.33. The van der Waals surface area contributed by atoms with E-state index in [9.17, 15) is 13.2 Å². The van der Waals surface area contributed by atoms with E-state index in [0.29, 0.717) is 31.7 Å². The SMILES string of the molecule is CCOc1ccc(S(=O)(=O)N2CCCC(C(=O)Nc3c(C)cc(Br)cc3C)C2)cc1. The van der Waals surface area contributed by atoms with E-state index in [1.807, 2.05) is 32.9 Å². The van der Waals surface area contributed by atoms with Crippen LogP contribution in [0, 0.1) is 19.8 Å². The molecule has 1 amide bonds. The lowest BCUT2D eigenvalue weighted by Gasteiger charge is -2.31. The number of sulfonamides is 1. The van der Waals surface area contributed by atoms with Crippen LogP contribution >= 0.6 is 15.9 Å². The quantitative estimate of drug-likeness (QED) is 0.640. The number of carbonyl (C=O) groups is 1. The summed E-state index contributed by atoms with van der Waals surface area (Å²) in [5.74, 6) is 0.0985. The Bertz CT molecular complexity index is 999. The molecule has 2 aromatic carbocycles. The molecule has 30 heavy (non-hydrogen) atoms. The largest absolute Gasteiger partial charge is 0.494 e. The Hall–Kier alpha value is -1.90. The van der Waals surface area contributed by atoms with Crippen LogP contribution < -0.4 is 10.1 Å². The van der Waals surface area contributed by atoms with Gasteiger partial charge in [0.05, 0.1) is 17.4 Å². The van der Waals surface area contributed by atoms with Gasteiger partial charge in [0.1, 0.15) is 5.75 Å². The molecule has 2 aromatic rings. The van der Waals surface area contributed by atoms with Crippen molar-refractivity contribution in [1.29, 1.82) is 0 Å². The monoisotopic (exact) mass is 494 g/mol. The van der Waals surface area contributed by atoms with E-state index in [4.69, 9.17) is 4.74 Å². The number of anilines is 1. The molecule has 8 heteroatoms. The molecule has 0 bridgehead atoms. The number of carbonyl (C=O) groups excluding carboxylic acids is 1. The lowest BCUT2D eigenvalue weighted by atomic mass is 9.98. The first-order valence-electron chi connectivity index (χ1n) is 10.0. The number of hydrogen-bond donors (Lipinski definition) is 1. The maximum absolute atomic E-state index is 13.1. The van der Waals surface area contributed by atoms with Crippen molar-refractivity contribution in [2.75, 3.05) is 25.0 Å². The smallest absolute Gasteiger partial charge is 0.243 e. The van der Waals surface area contributed by atoms with Crippen molar-refractivity contribution >= 4 is 37.5 Å². The second-order valence-corrected chi connectivity index (χ2v) is 10.4. The van der Waals surface area contributed by atoms with E-state index in [-0.39, 0.29) is 17.3 Å². The first-order chi connectivity index (χ1) is 14.2. The predicted molar refractivity (Wildman–Crippen MR) is 121 cm³/mol. The predicted octanol–water partition coefficient (Wildman–Crippen LogP) is 4.50. The van der Waals surface area contributed by atoms with Gasteiger partial charge >= 0.3 is 0 Å². The van der Waals surface area contributed by atoms with Crippen molar-refractivity contribution in [3.05, 3.63) is 52.0 Å². The Morgan fingerprint density at radius 2 is 1.83 bits per heavy atom. The molecule has 6 nitrogen and oxygen atoms in total. The van der Waals surface area contributed by atoms with Crippen molar-refractivity contribution in [2.45, 2.75) is 38.5 Å². The molecule has 1 aliphatic rings. The van der Waals surface area contributed by atoms with Gasteiger partial charge in [0.2, 0.25) is 15.9 Å². The fourth-order valence-corrected chi connectivity index (χ4v) is 5.94. The van der Waals surface area contributed by atoms with E-state index < -0.39 is 15.9 Å². The van der Waals surface area contributed by atoms with Gasteiger partial charge in [-0.05, 0) is 81.1 Å². The minimum absolute atomic E-state index is 0.143. The average Bonchev–Trinajstić information content (AvgIpc) is 2.71. The zero-order chi connectivity index (χ0) is 21.9. The fraction of sp³-hybridized carbons (Fsp3) is 0.409. The fourth-order valence-electron chi connectivity index (χ4n) is 3.73. The molecule has 162 valence electrons. The Kier molecular flexibility index (Phi) is 7.21. The summed E-state index contributed by atoms with van der Waals surface area (Å²) in [7, 11) is -3.66. The highest BCUT2D eigenvalue weighted by Crippen LogP contribution is 2.29. The maximum atomic E-state index is 13.1. The van der Waals surface area contributed by atoms with Gasteiger partial charge in [-0.2, -0.15) is 4.31 Å². The third kappa shape index (κ3) is 5.04. The lowest BCUT2D eigenvalue weighted by molar-refractivity contribution is -0.120. The van der Waals surface area contributed by atoms with E-state index in [1.54, 1.807) is 24.3 Å². The van der Waals surface area contributed by atoms with Gasteiger partial charge in [-0.1, -0.05) is 15.9 Å². The van der Waals surface area contributed by atoms with Gasteiger partial charge < -0.3 is 10.1 Å². The number of benzene rings is 2. The number of nitrogens with one attached hydrogen (secondary N) is 1. The molecule has 0 aliphatic carbocycles. The van der Waals surface area contributed by atoms with Crippen molar-refractivity contribution in [3.8, 4) is 5.75 Å². The van der Waals surface area contributed by atoms with Crippen molar-refractivity contribution in [3.63, 3.8) is 0 Å². The van der Waals surface area contributed by atoms with Crippen LogP contribution in [0.1, 0.15) is 30.9 Å². The Morgan fingerprint density at radius 3 is 2.43 bits per heavy atom. The third-order valence-electron chi connectivity index (χ3n) is 5.27. The molecule has 0 saturated carbocycles. The molecule has 1 unspecified atom stereocenters. The molecule has 3 rings (SSSR count). The summed E-state index contributed by atoms with van der Waals surface area (Å²) in [5.41, 5.74) is 2.71. The summed E-state index contributed by atoms with van der Waals surface area (Å²) in [5, 5.41) is 3.01. The van der Waals surface area contributed by atoms with Crippen molar-refractivity contribution in [2.24, 2.45) is 5.92 Å². The summed E-state index contributed by atoms with van der Waals surface area (Å²) in [6.07, 6.45) is 1.31. The molecular formula is C22H27BrN2O4S. The Morgan fingerprint density at radius 1 is 1.20 bits per heavy atom. The number of amides is 1. The first-order valence-corrected chi connectivity index (χ1v) is 12.3. The van der Waals surface area contributed by atoms with Gasteiger partial charge in [-0.25, -0.2) is 8.42 Å². The molecule has 0 radical (unpaired) electrons. The highest BCUT2D eigenvalue weighted by atomic mass is 79.9. The molecule has 1 N–H and O–H groups in total. The lowest BCUT2D eigenvalue weighted by Crippen LogP contribution is -2.43. The molecule has 0 spiro atoms. The van der Waals surface area contributed by atoms with Gasteiger partial charge in [-0.15, -0.1) is 0 Å². The second-order valence-electron chi connectivity index (χ2n) is 7.51.